The summed E-state index contributed by atoms with van der Waals surface area (Å²) in [5.41, 5.74) is -1.72. The van der Waals surface area contributed by atoms with Gasteiger partial charge in [-0.3, -0.25) is 0 Å². The minimum absolute atomic E-state index is 0. The third kappa shape index (κ3) is 25.1. The second kappa shape index (κ2) is 24.5. The molecule has 0 fully saturated rings. The molecule has 0 aromatic carbocycles. The van der Waals surface area contributed by atoms with E-state index in [0.29, 0.717) is 6.42 Å². The van der Waals surface area contributed by atoms with Crippen LogP contribution in [0.25, 0.3) is 0 Å². The van der Waals surface area contributed by atoms with E-state index in [1.54, 1.807) is 0 Å². The maximum Gasteiger partial charge on any atom is 1.00 e. The van der Waals surface area contributed by atoms with Gasteiger partial charge >= 0.3 is 29.6 Å². The van der Waals surface area contributed by atoms with Crippen LogP contribution < -0.4 is 29.6 Å². The Hall–Kier alpha value is 0.870. The van der Waals surface area contributed by atoms with E-state index in [-0.39, 0.29) is 36.0 Å². The molecule has 1 N–H and O–H groups in total. The van der Waals surface area contributed by atoms with Crippen LogP contribution in [0.4, 0.5) is 0 Å². The molecule has 0 radical (unpaired) electrons. The first-order valence-electron chi connectivity index (χ1n) is 12.6. The molecule has 1 atom stereocenters. The van der Waals surface area contributed by atoms with E-state index in [1.807, 2.05) is 0 Å². The topological polar surface area (TPSA) is 77.4 Å². The van der Waals surface area contributed by atoms with Crippen molar-refractivity contribution in [2.75, 3.05) is 0 Å². The van der Waals surface area contributed by atoms with Gasteiger partial charge in [-0.1, -0.05) is 135 Å². The maximum absolute atomic E-state index is 10.6. The van der Waals surface area contributed by atoms with E-state index in [2.05, 4.69) is 6.92 Å². The summed E-state index contributed by atoms with van der Waals surface area (Å²) >= 11 is 0. The molecular weight excluding hydrogens is 407 g/mol. The van der Waals surface area contributed by atoms with E-state index in [0.717, 1.165) is 12.8 Å². The standard InChI is InChI=1S/C24H50O4S.Na/c1-2-3-4-5-6-7-8-9-10-11-12-13-14-15-16-17-18-19-20-21-22-23-24(25)29(26,27)28;/h24-25H,2-23H2,1H3,(H,26,27,28);/q;+1/p-1. The van der Waals surface area contributed by atoms with Crippen LogP contribution in [-0.4, -0.2) is 23.5 Å². The zero-order chi connectivity index (χ0) is 21.6. The molecule has 30 heavy (non-hydrogen) atoms. The summed E-state index contributed by atoms with van der Waals surface area (Å²) < 4.78 is 31.7. The molecule has 0 saturated heterocycles. The van der Waals surface area contributed by atoms with Gasteiger partial charge in [0.25, 0.3) is 0 Å². The molecule has 0 aliphatic rings. The predicted molar refractivity (Wildman–Crippen MR) is 123 cm³/mol. The van der Waals surface area contributed by atoms with Crippen LogP contribution in [0.2, 0.25) is 0 Å². The van der Waals surface area contributed by atoms with Crippen LogP contribution in [0.3, 0.4) is 0 Å². The summed E-state index contributed by atoms with van der Waals surface area (Å²) in [4.78, 5) is 0. The molecule has 0 aromatic heterocycles. The van der Waals surface area contributed by atoms with Crippen molar-refractivity contribution in [2.24, 2.45) is 0 Å². The van der Waals surface area contributed by atoms with Gasteiger partial charge in [-0.25, -0.2) is 8.42 Å². The molecule has 0 saturated carbocycles. The minimum Gasteiger partial charge on any atom is -0.746 e. The zero-order valence-electron chi connectivity index (χ0n) is 20.2. The molecule has 1 unspecified atom stereocenters. The Morgan fingerprint density at radius 1 is 0.567 bits per heavy atom. The van der Waals surface area contributed by atoms with Crippen LogP contribution in [0.15, 0.2) is 0 Å². The fourth-order valence-electron chi connectivity index (χ4n) is 3.90. The minimum atomic E-state index is -4.52. The Morgan fingerprint density at radius 2 is 0.800 bits per heavy atom. The van der Waals surface area contributed by atoms with Gasteiger partial charge < -0.3 is 9.66 Å². The summed E-state index contributed by atoms with van der Waals surface area (Å²) in [5, 5.41) is 9.14. The van der Waals surface area contributed by atoms with Crippen LogP contribution in [0.5, 0.6) is 0 Å². The molecule has 0 spiro atoms. The number of aliphatic hydroxyl groups excluding tert-OH is 1. The van der Waals surface area contributed by atoms with Gasteiger partial charge in [0, 0.05) is 0 Å². The molecule has 0 aromatic rings. The van der Waals surface area contributed by atoms with Crippen LogP contribution >= 0.6 is 0 Å². The second-order valence-corrected chi connectivity index (χ2v) is 10.3. The first-order chi connectivity index (χ1) is 14.0. The van der Waals surface area contributed by atoms with Gasteiger partial charge in [0.15, 0.2) is 0 Å². The molecule has 0 aliphatic carbocycles. The van der Waals surface area contributed by atoms with E-state index >= 15 is 0 Å². The molecule has 0 amide bonds. The van der Waals surface area contributed by atoms with Crippen LogP contribution in [0, 0.1) is 0 Å². The fraction of sp³-hybridized carbons (Fsp3) is 1.00. The van der Waals surface area contributed by atoms with E-state index in [4.69, 9.17) is 5.11 Å². The molecule has 0 heterocycles. The zero-order valence-corrected chi connectivity index (χ0v) is 23.0. The first-order valence-corrected chi connectivity index (χ1v) is 14.1. The molecule has 0 aliphatic heterocycles. The summed E-state index contributed by atoms with van der Waals surface area (Å²) in [5.74, 6) is 0. The van der Waals surface area contributed by atoms with Crippen molar-refractivity contribution in [1.82, 2.24) is 0 Å². The molecule has 0 bridgehead atoms. The van der Waals surface area contributed by atoms with Crippen LogP contribution in [0.1, 0.15) is 148 Å². The summed E-state index contributed by atoms with van der Waals surface area (Å²) in [6.45, 7) is 2.28. The van der Waals surface area contributed by atoms with Gasteiger partial charge in [0.2, 0.25) is 0 Å². The largest absolute Gasteiger partial charge is 1.00 e. The Bertz CT molecular complexity index is 429. The molecule has 176 valence electrons. The van der Waals surface area contributed by atoms with Gasteiger partial charge in [-0.15, -0.1) is 0 Å². The van der Waals surface area contributed by atoms with E-state index in [9.17, 15) is 13.0 Å². The number of aliphatic hydroxyl groups is 1. The van der Waals surface area contributed by atoms with Gasteiger partial charge in [-0.2, -0.15) is 0 Å². The quantitative estimate of drug-likeness (QED) is 0.140. The van der Waals surface area contributed by atoms with Crippen molar-refractivity contribution < 1.29 is 47.6 Å². The summed E-state index contributed by atoms with van der Waals surface area (Å²) in [7, 11) is -4.52. The third-order valence-corrected chi connectivity index (χ3v) is 6.79. The van der Waals surface area contributed by atoms with Crippen molar-refractivity contribution in [3.05, 3.63) is 0 Å². The Morgan fingerprint density at radius 3 is 1.03 bits per heavy atom. The van der Waals surface area contributed by atoms with Gasteiger partial charge in [0.1, 0.15) is 15.6 Å². The van der Waals surface area contributed by atoms with Gasteiger partial charge in [0.05, 0.1) is 0 Å². The third-order valence-electron chi connectivity index (χ3n) is 5.89. The molecular formula is C24H49NaO4S. The molecule has 0 rings (SSSR count). The SMILES string of the molecule is CCCCCCCCCCCCCCCCCCCCCCCC(O)S(=O)(=O)[O-].[Na+]. The number of unbranched alkanes of at least 4 members (excludes halogenated alkanes) is 20. The van der Waals surface area contributed by atoms with Crippen molar-refractivity contribution in [3.63, 3.8) is 0 Å². The van der Waals surface area contributed by atoms with Gasteiger partial charge in [-0.05, 0) is 12.8 Å². The van der Waals surface area contributed by atoms with Crippen molar-refractivity contribution >= 4 is 10.1 Å². The predicted octanol–water partition coefficient (Wildman–Crippen LogP) is 4.46. The maximum atomic E-state index is 10.6. The monoisotopic (exact) mass is 456 g/mol. The Labute approximate surface area is 210 Å². The van der Waals surface area contributed by atoms with E-state index in [1.165, 1.54) is 116 Å². The Balaban J connectivity index is 0. The summed E-state index contributed by atoms with van der Waals surface area (Å²) in [6, 6.07) is 0. The van der Waals surface area contributed by atoms with Crippen molar-refractivity contribution in [2.45, 2.75) is 154 Å². The number of rotatable bonds is 23. The average molecular weight is 457 g/mol. The summed E-state index contributed by atoms with van der Waals surface area (Å²) in [6.07, 6.45) is 27.4. The fourth-order valence-corrected chi connectivity index (χ4v) is 4.35. The van der Waals surface area contributed by atoms with Crippen molar-refractivity contribution in [3.8, 4) is 0 Å². The molecule has 4 nitrogen and oxygen atoms in total. The van der Waals surface area contributed by atoms with Crippen molar-refractivity contribution in [1.29, 1.82) is 0 Å². The van der Waals surface area contributed by atoms with Crippen LogP contribution in [-0.2, 0) is 10.1 Å². The smallest absolute Gasteiger partial charge is 0.746 e. The number of hydrogen-bond donors (Lipinski definition) is 1. The second-order valence-electron chi connectivity index (χ2n) is 8.81. The Kier molecular flexibility index (Phi) is 27.0. The first kappa shape index (κ1) is 33.0. The van der Waals surface area contributed by atoms with E-state index < -0.39 is 15.6 Å². The molecule has 6 heteroatoms. The number of hydrogen-bond acceptors (Lipinski definition) is 4. The average Bonchev–Trinajstić information content (AvgIpc) is 2.68. The normalized spacial score (nSPS) is 12.6.